The van der Waals surface area contributed by atoms with Crippen LogP contribution in [0.1, 0.15) is 5.56 Å². The van der Waals surface area contributed by atoms with E-state index in [1.165, 1.54) is 0 Å². The fraction of sp³-hybridized carbons (Fsp3) is 0.133. The first-order chi connectivity index (χ1) is 10.0. The molecule has 0 aromatic heterocycles. The van der Waals surface area contributed by atoms with Gasteiger partial charge in [-0.2, -0.15) is 5.11 Å². The smallest absolute Gasteiger partial charge is 0.322 e. The highest BCUT2D eigenvalue weighted by molar-refractivity contribution is 5.72. The summed E-state index contributed by atoms with van der Waals surface area (Å²) in [6.07, 6.45) is 0. The van der Waals surface area contributed by atoms with E-state index in [0.717, 1.165) is 5.56 Å². The molecule has 0 unspecified atom stereocenters. The van der Waals surface area contributed by atoms with Gasteiger partial charge in [-0.3, -0.25) is 4.79 Å². The van der Waals surface area contributed by atoms with Crippen molar-refractivity contribution >= 4 is 23.0 Å². The van der Waals surface area contributed by atoms with Crippen LogP contribution in [0.25, 0.3) is 0 Å². The van der Waals surface area contributed by atoms with Crippen LogP contribution in [0.5, 0.6) is 5.75 Å². The van der Waals surface area contributed by atoms with Gasteiger partial charge in [-0.25, -0.2) is 0 Å². The number of nitrogens with zero attached hydrogens (tertiary/aromatic N) is 2. The van der Waals surface area contributed by atoms with Crippen molar-refractivity contribution < 1.29 is 15.0 Å². The molecule has 0 aliphatic rings. The van der Waals surface area contributed by atoms with Crippen LogP contribution in [-0.4, -0.2) is 22.7 Å². The summed E-state index contributed by atoms with van der Waals surface area (Å²) in [6, 6.07) is 11.9. The Morgan fingerprint density at radius 1 is 1.14 bits per heavy atom. The normalized spacial score (nSPS) is 10.7. The highest BCUT2D eigenvalue weighted by Crippen LogP contribution is 2.29. The molecule has 3 N–H and O–H groups in total. The summed E-state index contributed by atoms with van der Waals surface area (Å²) in [7, 11) is 0. The Morgan fingerprint density at radius 3 is 2.52 bits per heavy atom. The van der Waals surface area contributed by atoms with Gasteiger partial charge in [0, 0.05) is 5.69 Å². The van der Waals surface area contributed by atoms with Gasteiger partial charge in [-0.15, -0.1) is 5.11 Å². The molecule has 0 aliphatic heterocycles. The van der Waals surface area contributed by atoms with Gasteiger partial charge in [-0.1, -0.05) is 6.07 Å². The summed E-state index contributed by atoms with van der Waals surface area (Å²) >= 11 is 0. The number of rotatable bonds is 5. The minimum atomic E-state index is -0.923. The van der Waals surface area contributed by atoms with E-state index in [1.54, 1.807) is 42.5 Å². The minimum absolute atomic E-state index is 0.0732. The number of aliphatic carboxylic acids is 1. The summed E-state index contributed by atoms with van der Waals surface area (Å²) in [5, 5.41) is 29.0. The number of hydrogen-bond donors (Lipinski definition) is 3. The zero-order chi connectivity index (χ0) is 15.2. The largest absolute Gasteiger partial charge is 0.506 e. The summed E-state index contributed by atoms with van der Waals surface area (Å²) in [5.74, 6) is -0.849. The maximum atomic E-state index is 10.4. The number of carboxylic acid groups (broad SMARTS) is 1. The molecule has 0 saturated carbocycles. The molecule has 6 heteroatoms. The Labute approximate surface area is 121 Å². The third kappa shape index (κ3) is 4.31. The molecule has 2 aromatic rings. The molecule has 2 rings (SSSR count). The molecular formula is C15H15N3O3. The minimum Gasteiger partial charge on any atom is -0.506 e. The number of benzene rings is 2. The lowest BCUT2D eigenvalue weighted by atomic mass is 10.2. The van der Waals surface area contributed by atoms with E-state index in [1.807, 2.05) is 6.92 Å². The zero-order valence-electron chi connectivity index (χ0n) is 11.4. The molecule has 0 saturated heterocycles. The van der Waals surface area contributed by atoms with Crippen LogP contribution in [0.15, 0.2) is 52.7 Å². The third-order valence-corrected chi connectivity index (χ3v) is 2.72. The molecule has 6 nitrogen and oxygen atoms in total. The van der Waals surface area contributed by atoms with Crippen LogP contribution in [0.2, 0.25) is 0 Å². The van der Waals surface area contributed by atoms with Crippen molar-refractivity contribution in [2.75, 3.05) is 11.9 Å². The van der Waals surface area contributed by atoms with E-state index in [4.69, 9.17) is 5.11 Å². The maximum absolute atomic E-state index is 10.4. The Morgan fingerprint density at radius 2 is 1.86 bits per heavy atom. The number of phenolic OH excluding ortho intramolecular Hbond substituents is 1. The fourth-order valence-corrected chi connectivity index (χ4v) is 1.65. The van der Waals surface area contributed by atoms with E-state index in [9.17, 15) is 9.90 Å². The van der Waals surface area contributed by atoms with Crippen molar-refractivity contribution in [1.82, 2.24) is 0 Å². The number of hydrogen-bond acceptors (Lipinski definition) is 5. The standard InChI is InChI=1S/C15H15N3O3/c1-10-2-7-14(19)13(8-10)18-17-12-5-3-11(4-6-12)16-9-15(20)21/h2-8,16,19H,9H2,1H3,(H,20,21). The van der Waals surface area contributed by atoms with Crippen LogP contribution >= 0.6 is 0 Å². The van der Waals surface area contributed by atoms with Gasteiger partial charge in [-0.05, 0) is 48.9 Å². The number of carbonyl (C=O) groups is 1. The number of aryl methyl sites for hydroxylation is 1. The van der Waals surface area contributed by atoms with Crippen molar-refractivity contribution in [2.24, 2.45) is 10.2 Å². The third-order valence-electron chi connectivity index (χ3n) is 2.72. The Balaban J connectivity index is 2.07. The molecule has 0 heterocycles. The number of nitrogens with one attached hydrogen (secondary N) is 1. The van der Waals surface area contributed by atoms with Crippen LogP contribution in [0.3, 0.4) is 0 Å². The van der Waals surface area contributed by atoms with Gasteiger partial charge < -0.3 is 15.5 Å². The number of azo groups is 1. The van der Waals surface area contributed by atoms with Crippen LogP contribution < -0.4 is 5.32 Å². The fourth-order valence-electron chi connectivity index (χ4n) is 1.65. The van der Waals surface area contributed by atoms with E-state index in [2.05, 4.69) is 15.5 Å². The summed E-state index contributed by atoms with van der Waals surface area (Å²) < 4.78 is 0. The predicted octanol–water partition coefficient (Wildman–Crippen LogP) is 3.61. The second-order valence-corrected chi connectivity index (χ2v) is 4.49. The highest BCUT2D eigenvalue weighted by atomic mass is 16.4. The maximum Gasteiger partial charge on any atom is 0.322 e. The SMILES string of the molecule is Cc1ccc(O)c(N=Nc2ccc(NCC(=O)O)cc2)c1. The molecule has 0 amide bonds. The monoisotopic (exact) mass is 285 g/mol. The number of anilines is 1. The lowest BCUT2D eigenvalue weighted by Crippen LogP contribution is -2.11. The zero-order valence-corrected chi connectivity index (χ0v) is 11.4. The van der Waals surface area contributed by atoms with Crippen molar-refractivity contribution in [3.63, 3.8) is 0 Å². The lowest BCUT2D eigenvalue weighted by molar-refractivity contribution is -0.134. The molecule has 0 spiro atoms. The van der Waals surface area contributed by atoms with Crippen molar-refractivity contribution in [3.8, 4) is 5.75 Å². The number of phenols is 1. The molecule has 0 bridgehead atoms. The first-order valence-corrected chi connectivity index (χ1v) is 6.32. The van der Waals surface area contributed by atoms with Crippen molar-refractivity contribution in [2.45, 2.75) is 6.92 Å². The summed E-state index contributed by atoms with van der Waals surface area (Å²) in [4.78, 5) is 10.4. The second kappa shape index (κ2) is 6.51. The van der Waals surface area contributed by atoms with Crippen molar-refractivity contribution in [1.29, 1.82) is 0 Å². The average Bonchev–Trinajstić information content (AvgIpc) is 2.47. The first-order valence-electron chi connectivity index (χ1n) is 6.32. The average molecular weight is 285 g/mol. The van der Waals surface area contributed by atoms with Crippen molar-refractivity contribution in [3.05, 3.63) is 48.0 Å². The molecule has 0 aliphatic carbocycles. The Kier molecular flexibility index (Phi) is 4.50. The highest BCUT2D eigenvalue weighted by Gasteiger charge is 2.00. The predicted molar refractivity (Wildman–Crippen MR) is 79.6 cm³/mol. The van der Waals surface area contributed by atoms with Gasteiger partial charge in [0.25, 0.3) is 0 Å². The second-order valence-electron chi connectivity index (χ2n) is 4.49. The molecular weight excluding hydrogens is 270 g/mol. The van der Waals surface area contributed by atoms with Crippen LogP contribution in [0.4, 0.5) is 17.1 Å². The Bertz CT molecular complexity index is 666. The Hall–Kier alpha value is -2.89. The lowest BCUT2D eigenvalue weighted by Gasteiger charge is -2.03. The summed E-state index contributed by atoms with van der Waals surface area (Å²) in [6.45, 7) is 1.76. The molecule has 0 fully saturated rings. The van der Waals surface area contributed by atoms with Gasteiger partial charge in [0.15, 0.2) is 0 Å². The van der Waals surface area contributed by atoms with Gasteiger partial charge in [0.1, 0.15) is 18.0 Å². The quantitative estimate of drug-likeness (QED) is 0.731. The summed E-state index contributed by atoms with van der Waals surface area (Å²) in [5.41, 5.74) is 2.68. The number of aromatic hydroxyl groups is 1. The molecule has 0 radical (unpaired) electrons. The molecule has 0 atom stereocenters. The van der Waals surface area contributed by atoms with E-state index in [0.29, 0.717) is 17.1 Å². The van der Waals surface area contributed by atoms with Gasteiger partial charge >= 0.3 is 5.97 Å². The molecule has 21 heavy (non-hydrogen) atoms. The first kappa shape index (κ1) is 14.5. The van der Waals surface area contributed by atoms with E-state index in [-0.39, 0.29) is 12.3 Å². The van der Waals surface area contributed by atoms with Gasteiger partial charge in [0.05, 0.1) is 5.69 Å². The van der Waals surface area contributed by atoms with Crippen LogP contribution in [-0.2, 0) is 4.79 Å². The van der Waals surface area contributed by atoms with Gasteiger partial charge in [0.2, 0.25) is 0 Å². The van der Waals surface area contributed by atoms with Crippen LogP contribution in [0, 0.1) is 6.92 Å². The topological polar surface area (TPSA) is 94.3 Å². The number of carboxylic acids is 1. The van der Waals surface area contributed by atoms with E-state index < -0.39 is 5.97 Å². The molecule has 2 aromatic carbocycles. The molecule has 108 valence electrons. The van der Waals surface area contributed by atoms with E-state index >= 15 is 0 Å².